The highest BCUT2D eigenvalue weighted by Crippen LogP contribution is 2.09. The van der Waals surface area contributed by atoms with E-state index in [-0.39, 0.29) is 5.75 Å². The van der Waals surface area contributed by atoms with Crippen molar-refractivity contribution in [3.8, 4) is 0 Å². The van der Waals surface area contributed by atoms with Gasteiger partial charge in [0.25, 0.3) is 0 Å². The van der Waals surface area contributed by atoms with Gasteiger partial charge in [0, 0.05) is 11.6 Å². The van der Waals surface area contributed by atoms with Crippen molar-refractivity contribution in [2.75, 3.05) is 25.4 Å². The Morgan fingerprint density at radius 3 is 2.47 bits per heavy atom. The molecule has 0 radical (unpaired) electrons. The van der Waals surface area contributed by atoms with Gasteiger partial charge in [0.05, 0.1) is 5.75 Å². The first kappa shape index (κ1) is 16.4. The van der Waals surface area contributed by atoms with Crippen molar-refractivity contribution in [2.24, 2.45) is 0 Å². The zero-order valence-corrected chi connectivity index (χ0v) is 12.7. The molecular weight excluding hydrogens is 284 g/mol. The highest BCUT2D eigenvalue weighted by atomic mass is 35.5. The number of halogens is 1. The minimum absolute atomic E-state index is 0.167. The SMILES string of the molecule is CCNCCCS(=O)(=O)NCCc1ccc(Cl)cc1. The topological polar surface area (TPSA) is 58.2 Å². The molecule has 2 N–H and O–H groups in total. The van der Waals surface area contributed by atoms with Crippen LogP contribution in [0.15, 0.2) is 24.3 Å². The Bertz CT molecular complexity index is 460. The van der Waals surface area contributed by atoms with Gasteiger partial charge in [-0.1, -0.05) is 30.7 Å². The summed E-state index contributed by atoms with van der Waals surface area (Å²) in [6, 6.07) is 7.42. The highest BCUT2D eigenvalue weighted by Gasteiger charge is 2.08. The van der Waals surface area contributed by atoms with Gasteiger partial charge in [-0.3, -0.25) is 0 Å². The first-order valence-electron chi connectivity index (χ1n) is 6.46. The second-order valence-electron chi connectivity index (χ2n) is 4.30. The van der Waals surface area contributed by atoms with E-state index in [1.54, 1.807) is 0 Å². The van der Waals surface area contributed by atoms with Gasteiger partial charge in [-0.2, -0.15) is 0 Å². The lowest BCUT2D eigenvalue weighted by molar-refractivity contribution is 0.576. The fourth-order valence-electron chi connectivity index (χ4n) is 1.64. The van der Waals surface area contributed by atoms with Crippen molar-refractivity contribution in [1.82, 2.24) is 10.0 Å². The molecule has 0 aromatic heterocycles. The van der Waals surface area contributed by atoms with Gasteiger partial charge in [0.1, 0.15) is 0 Å². The average Bonchev–Trinajstić information content (AvgIpc) is 2.37. The predicted molar refractivity (Wildman–Crippen MR) is 80.1 cm³/mol. The van der Waals surface area contributed by atoms with Crippen LogP contribution in [0, 0.1) is 0 Å². The Kier molecular flexibility index (Phi) is 7.38. The summed E-state index contributed by atoms with van der Waals surface area (Å²) < 4.78 is 26.0. The third-order valence-corrected chi connectivity index (χ3v) is 4.39. The lowest BCUT2D eigenvalue weighted by atomic mass is 10.2. The predicted octanol–water partition coefficient (Wildman–Crippen LogP) is 1.80. The van der Waals surface area contributed by atoms with Crippen molar-refractivity contribution in [1.29, 1.82) is 0 Å². The van der Waals surface area contributed by atoms with Crippen LogP contribution in [0.5, 0.6) is 0 Å². The Hall–Kier alpha value is -0.620. The maximum absolute atomic E-state index is 11.7. The van der Waals surface area contributed by atoms with E-state index in [1.807, 2.05) is 31.2 Å². The van der Waals surface area contributed by atoms with Crippen LogP contribution in [0.1, 0.15) is 18.9 Å². The molecule has 0 aliphatic heterocycles. The molecule has 0 saturated heterocycles. The molecule has 0 saturated carbocycles. The Morgan fingerprint density at radius 1 is 1.16 bits per heavy atom. The summed E-state index contributed by atoms with van der Waals surface area (Å²) in [5, 5.41) is 3.79. The normalized spacial score (nSPS) is 11.7. The van der Waals surface area contributed by atoms with Crippen LogP contribution in [0.25, 0.3) is 0 Å². The molecule has 4 nitrogen and oxygen atoms in total. The summed E-state index contributed by atoms with van der Waals surface area (Å²) in [5.74, 6) is 0.167. The molecule has 0 aliphatic carbocycles. The highest BCUT2D eigenvalue weighted by molar-refractivity contribution is 7.89. The molecule has 0 fully saturated rings. The van der Waals surface area contributed by atoms with E-state index in [0.29, 0.717) is 24.4 Å². The number of nitrogens with one attached hydrogen (secondary N) is 2. The van der Waals surface area contributed by atoms with E-state index in [1.165, 1.54) is 0 Å². The van der Waals surface area contributed by atoms with Crippen molar-refractivity contribution in [2.45, 2.75) is 19.8 Å². The molecular formula is C13H21ClN2O2S. The van der Waals surface area contributed by atoms with Crippen LogP contribution in [0.2, 0.25) is 5.02 Å². The molecule has 108 valence electrons. The second-order valence-corrected chi connectivity index (χ2v) is 6.66. The molecule has 1 aromatic carbocycles. The summed E-state index contributed by atoms with van der Waals surface area (Å²) >= 11 is 5.78. The molecule has 1 rings (SSSR count). The lowest BCUT2D eigenvalue weighted by Gasteiger charge is -2.07. The molecule has 0 bridgehead atoms. The zero-order valence-electron chi connectivity index (χ0n) is 11.2. The molecule has 0 aliphatic rings. The van der Waals surface area contributed by atoms with Crippen molar-refractivity contribution in [3.05, 3.63) is 34.9 Å². The van der Waals surface area contributed by atoms with Crippen LogP contribution in [0.3, 0.4) is 0 Å². The fraction of sp³-hybridized carbons (Fsp3) is 0.538. The van der Waals surface area contributed by atoms with E-state index in [4.69, 9.17) is 11.6 Å². The molecule has 1 aromatic rings. The van der Waals surface area contributed by atoms with Crippen molar-refractivity contribution in [3.63, 3.8) is 0 Å². The third-order valence-electron chi connectivity index (χ3n) is 2.67. The number of hydrogen-bond donors (Lipinski definition) is 2. The molecule has 0 heterocycles. The summed E-state index contributed by atoms with van der Waals surface area (Å²) in [6.45, 7) is 4.02. The standard InChI is InChI=1S/C13H21ClN2O2S/c1-2-15-9-3-11-19(17,18)16-10-8-12-4-6-13(14)7-5-12/h4-7,15-16H,2-3,8-11H2,1H3. The van der Waals surface area contributed by atoms with E-state index in [2.05, 4.69) is 10.0 Å². The summed E-state index contributed by atoms with van der Waals surface area (Å²) in [6.07, 6.45) is 1.30. The van der Waals surface area contributed by atoms with Crippen molar-refractivity contribution < 1.29 is 8.42 Å². The number of benzene rings is 1. The Labute approximate surface area is 120 Å². The first-order chi connectivity index (χ1) is 9.03. The lowest BCUT2D eigenvalue weighted by Crippen LogP contribution is -2.29. The quantitative estimate of drug-likeness (QED) is 0.684. The van der Waals surface area contributed by atoms with Gasteiger partial charge in [0.15, 0.2) is 0 Å². The summed E-state index contributed by atoms with van der Waals surface area (Å²) in [4.78, 5) is 0. The summed E-state index contributed by atoms with van der Waals surface area (Å²) in [7, 11) is -3.16. The van der Waals surface area contributed by atoms with Crippen LogP contribution >= 0.6 is 11.6 Å². The third kappa shape index (κ3) is 7.52. The van der Waals surface area contributed by atoms with Gasteiger partial charge in [-0.25, -0.2) is 13.1 Å². The van der Waals surface area contributed by atoms with Crippen LogP contribution in [-0.4, -0.2) is 33.8 Å². The van der Waals surface area contributed by atoms with Gasteiger partial charge >= 0.3 is 0 Å². The van der Waals surface area contributed by atoms with Gasteiger partial charge in [-0.15, -0.1) is 0 Å². The van der Waals surface area contributed by atoms with Crippen LogP contribution in [-0.2, 0) is 16.4 Å². The monoisotopic (exact) mass is 304 g/mol. The number of rotatable bonds is 9. The largest absolute Gasteiger partial charge is 0.317 e. The summed E-state index contributed by atoms with van der Waals surface area (Å²) in [5.41, 5.74) is 1.07. The fourth-order valence-corrected chi connectivity index (χ4v) is 2.85. The second kappa shape index (κ2) is 8.53. The maximum Gasteiger partial charge on any atom is 0.211 e. The molecule has 19 heavy (non-hydrogen) atoms. The molecule has 6 heteroatoms. The minimum atomic E-state index is -3.16. The minimum Gasteiger partial charge on any atom is -0.317 e. The van der Waals surface area contributed by atoms with E-state index >= 15 is 0 Å². The first-order valence-corrected chi connectivity index (χ1v) is 8.49. The van der Waals surface area contributed by atoms with Gasteiger partial charge in [0.2, 0.25) is 10.0 Å². The van der Waals surface area contributed by atoms with E-state index in [0.717, 1.165) is 18.7 Å². The molecule has 0 atom stereocenters. The van der Waals surface area contributed by atoms with Crippen molar-refractivity contribution >= 4 is 21.6 Å². The van der Waals surface area contributed by atoms with Crippen LogP contribution < -0.4 is 10.0 Å². The smallest absolute Gasteiger partial charge is 0.211 e. The molecule has 0 spiro atoms. The number of hydrogen-bond acceptors (Lipinski definition) is 3. The maximum atomic E-state index is 11.7. The van der Waals surface area contributed by atoms with Crippen LogP contribution in [0.4, 0.5) is 0 Å². The Morgan fingerprint density at radius 2 is 1.84 bits per heavy atom. The van der Waals surface area contributed by atoms with Gasteiger partial charge < -0.3 is 5.32 Å². The van der Waals surface area contributed by atoms with E-state index in [9.17, 15) is 8.42 Å². The molecule has 0 unspecified atom stereocenters. The van der Waals surface area contributed by atoms with E-state index < -0.39 is 10.0 Å². The van der Waals surface area contributed by atoms with Gasteiger partial charge in [-0.05, 0) is 43.6 Å². The number of sulfonamides is 1. The molecule has 0 amide bonds. The zero-order chi connectivity index (χ0) is 14.1. The average molecular weight is 305 g/mol. The Balaban J connectivity index is 2.25.